The van der Waals surface area contributed by atoms with Gasteiger partial charge in [0.15, 0.2) is 0 Å². The molecule has 0 saturated heterocycles. The van der Waals surface area contributed by atoms with Crippen LogP contribution in [0.4, 0.5) is 0 Å². The number of carbonyl (C=O) groups excluding carboxylic acids is 2. The number of para-hydroxylation sites is 1. The van der Waals surface area contributed by atoms with Crippen molar-refractivity contribution >= 4 is 23.2 Å². The van der Waals surface area contributed by atoms with Crippen molar-refractivity contribution in [2.24, 2.45) is 0 Å². The van der Waals surface area contributed by atoms with Crippen molar-refractivity contribution in [1.82, 2.24) is 10.2 Å². The van der Waals surface area contributed by atoms with Crippen LogP contribution in [-0.2, 0) is 22.6 Å². The van der Waals surface area contributed by atoms with Crippen LogP contribution in [0.3, 0.4) is 0 Å². The Morgan fingerprint density at radius 1 is 1.06 bits per heavy atom. The molecule has 178 valence electrons. The second-order valence-corrected chi connectivity index (χ2v) is 9.93. The van der Waals surface area contributed by atoms with Gasteiger partial charge in [0.2, 0.25) is 11.8 Å². The lowest BCUT2D eigenvalue weighted by Gasteiger charge is -2.33. The van der Waals surface area contributed by atoms with Crippen LogP contribution in [-0.4, -0.2) is 29.9 Å². The summed E-state index contributed by atoms with van der Waals surface area (Å²) in [4.78, 5) is 30.2. The van der Waals surface area contributed by atoms with Crippen LogP contribution in [0.5, 0.6) is 5.75 Å². The number of rotatable bonds is 9. The predicted molar refractivity (Wildman–Crippen MR) is 136 cm³/mol. The molecule has 1 aliphatic rings. The third-order valence-electron chi connectivity index (χ3n) is 6.41. The quantitative estimate of drug-likeness (QED) is 0.448. The lowest BCUT2D eigenvalue weighted by Crippen LogP contribution is -2.46. The molecule has 1 heterocycles. The van der Waals surface area contributed by atoms with Gasteiger partial charge in [-0.1, -0.05) is 66.9 Å². The van der Waals surface area contributed by atoms with E-state index in [4.69, 9.17) is 4.74 Å². The molecule has 2 aromatic carbocycles. The van der Waals surface area contributed by atoms with Crippen molar-refractivity contribution < 1.29 is 14.3 Å². The highest BCUT2D eigenvalue weighted by Gasteiger charge is 2.33. The minimum atomic E-state index is -0.724. The van der Waals surface area contributed by atoms with Gasteiger partial charge < -0.3 is 15.0 Å². The molecule has 1 saturated carbocycles. The van der Waals surface area contributed by atoms with E-state index in [1.165, 1.54) is 0 Å². The molecular weight excluding hydrogens is 444 g/mol. The normalized spacial score (nSPS) is 14.5. The molecule has 0 radical (unpaired) electrons. The monoisotopic (exact) mass is 476 g/mol. The zero-order valence-corrected chi connectivity index (χ0v) is 20.6. The zero-order chi connectivity index (χ0) is 23.9. The molecule has 1 N–H and O–H groups in total. The summed E-state index contributed by atoms with van der Waals surface area (Å²) in [5.74, 6) is 0.501. The summed E-state index contributed by atoms with van der Waals surface area (Å²) < 4.78 is 5.56. The number of benzene rings is 2. The highest BCUT2D eigenvalue weighted by atomic mass is 32.1. The molecule has 1 aromatic heterocycles. The van der Waals surface area contributed by atoms with Gasteiger partial charge in [0, 0.05) is 16.5 Å². The van der Waals surface area contributed by atoms with E-state index in [0.717, 1.165) is 47.3 Å². The van der Waals surface area contributed by atoms with E-state index in [2.05, 4.69) is 5.32 Å². The predicted octanol–water partition coefficient (Wildman–Crippen LogP) is 5.44. The zero-order valence-electron chi connectivity index (χ0n) is 19.8. The van der Waals surface area contributed by atoms with Gasteiger partial charge in [-0.15, -0.1) is 11.3 Å². The maximum Gasteiger partial charge on any atom is 0.247 e. The highest BCUT2D eigenvalue weighted by Crippen LogP contribution is 2.29. The van der Waals surface area contributed by atoms with E-state index in [-0.39, 0.29) is 30.8 Å². The largest absolute Gasteiger partial charge is 0.496 e. The van der Waals surface area contributed by atoms with Crippen LogP contribution in [0.15, 0.2) is 66.0 Å². The minimum Gasteiger partial charge on any atom is -0.496 e. The van der Waals surface area contributed by atoms with E-state index in [1.54, 1.807) is 23.3 Å². The van der Waals surface area contributed by atoms with Gasteiger partial charge in [0.05, 0.1) is 20.1 Å². The Morgan fingerprint density at radius 2 is 1.79 bits per heavy atom. The van der Waals surface area contributed by atoms with Crippen LogP contribution in [0.25, 0.3) is 0 Å². The van der Waals surface area contributed by atoms with Gasteiger partial charge in [-0.25, -0.2) is 0 Å². The number of ether oxygens (including phenoxy) is 1. The van der Waals surface area contributed by atoms with Crippen molar-refractivity contribution in [2.45, 2.75) is 57.7 Å². The summed E-state index contributed by atoms with van der Waals surface area (Å²) in [6.07, 6.45) is 4.49. The van der Waals surface area contributed by atoms with E-state index in [1.807, 2.05) is 73.0 Å². The Kier molecular flexibility index (Phi) is 8.01. The molecular formula is C28H32N2O3S. The number of aryl methyl sites for hydroxylation is 1. The Morgan fingerprint density at radius 3 is 2.47 bits per heavy atom. The van der Waals surface area contributed by atoms with Gasteiger partial charge in [0.25, 0.3) is 0 Å². The first kappa shape index (κ1) is 24.0. The molecule has 4 rings (SSSR count). The number of amides is 2. The van der Waals surface area contributed by atoms with E-state index in [9.17, 15) is 9.59 Å². The van der Waals surface area contributed by atoms with Crippen LogP contribution >= 0.6 is 11.3 Å². The summed E-state index contributed by atoms with van der Waals surface area (Å²) in [5.41, 5.74) is 2.80. The molecule has 1 atom stereocenters. The fraction of sp³-hybridized carbons (Fsp3) is 0.357. The summed E-state index contributed by atoms with van der Waals surface area (Å²) >= 11 is 1.55. The Bertz CT molecular complexity index is 1090. The molecule has 5 nitrogen and oxygen atoms in total. The lowest BCUT2D eigenvalue weighted by molar-refractivity contribution is -0.141. The molecule has 0 bridgehead atoms. The van der Waals surface area contributed by atoms with Crippen molar-refractivity contribution in [3.8, 4) is 5.75 Å². The fourth-order valence-electron chi connectivity index (χ4n) is 4.58. The SMILES string of the molecule is COc1ccccc1CN(C(=O)Cc1cccs1)[C@@H](C(=O)NC1CCCC1)c1ccc(C)cc1. The van der Waals surface area contributed by atoms with Crippen LogP contribution in [0.2, 0.25) is 0 Å². The summed E-state index contributed by atoms with van der Waals surface area (Å²) in [6.45, 7) is 2.30. The molecule has 0 unspecified atom stereocenters. The van der Waals surface area contributed by atoms with E-state index in [0.29, 0.717) is 5.75 Å². The van der Waals surface area contributed by atoms with Crippen molar-refractivity contribution in [3.05, 3.63) is 87.6 Å². The third-order valence-corrected chi connectivity index (χ3v) is 7.29. The summed E-state index contributed by atoms with van der Waals surface area (Å²) in [5, 5.41) is 5.21. The average Bonchev–Trinajstić information content (AvgIpc) is 3.54. The van der Waals surface area contributed by atoms with Gasteiger partial charge in [-0.3, -0.25) is 9.59 Å². The molecule has 1 aliphatic carbocycles. The van der Waals surface area contributed by atoms with Gasteiger partial charge in [-0.2, -0.15) is 0 Å². The van der Waals surface area contributed by atoms with E-state index >= 15 is 0 Å². The van der Waals surface area contributed by atoms with Crippen molar-refractivity contribution in [2.75, 3.05) is 7.11 Å². The number of carbonyl (C=O) groups is 2. The Labute approximate surface area is 205 Å². The average molecular weight is 477 g/mol. The van der Waals surface area contributed by atoms with E-state index < -0.39 is 6.04 Å². The molecule has 2 amide bonds. The lowest BCUT2D eigenvalue weighted by atomic mass is 10.0. The first-order valence-electron chi connectivity index (χ1n) is 11.9. The van der Waals surface area contributed by atoms with Crippen LogP contribution in [0.1, 0.15) is 53.3 Å². The summed E-state index contributed by atoms with van der Waals surface area (Å²) in [6, 6.07) is 18.9. The van der Waals surface area contributed by atoms with Crippen LogP contribution < -0.4 is 10.1 Å². The second kappa shape index (κ2) is 11.3. The molecule has 1 fully saturated rings. The number of methoxy groups -OCH3 is 1. The molecule has 34 heavy (non-hydrogen) atoms. The maximum absolute atomic E-state index is 13.7. The number of nitrogens with one attached hydrogen (secondary N) is 1. The standard InChI is InChI=1S/C28H32N2O3S/c1-20-13-15-21(16-14-20)27(28(32)29-23-9-4-5-10-23)30(26(31)18-24-11-7-17-34-24)19-22-8-3-6-12-25(22)33-2/h3,6-8,11-17,23,27H,4-5,9-10,18-19H2,1-2H3,(H,29,32)/t27-/m1/s1. The van der Waals surface area contributed by atoms with Gasteiger partial charge >= 0.3 is 0 Å². The Hall–Kier alpha value is -3.12. The molecule has 3 aromatic rings. The Balaban J connectivity index is 1.72. The molecule has 0 aliphatic heterocycles. The van der Waals surface area contributed by atoms with Crippen LogP contribution in [0, 0.1) is 6.92 Å². The molecule has 6 heteroatoms. The smallest absolute Gasteiger partial charge is 0.247 e. The number of hydrogen-bond donors (Lipinski definition) is 1. The number of hydrogen-bond acceptors (Lipinski definition) is 4. The molecule has 0 spiro atoms. The highest BCUT2D eigenvalue weighted by molar-refractivity contribution is 7.10. The number of nitrogens with zero attached hydrogens (tertiary/aromatic N) is 1. The maximum atomic E-state index is 13.7. The number of thiophene rings is 1. The first-order chi connectivity index (χ1) is 16.5. The van der Waals surface area contributed by atoms with Crippen molar-refractivity contribution in [1.29, 1.82) is 0 Å². The van der Waals surface area contributed by atoms with Gasteiger partial charge in [0.1, 0.15) is 11.8 Å². The fourth-order valence-corrected chi connectivity index (χ4v) is 5.27. The van der Waals surface area contributed by atoms with Crippen molar-refractivity contribution in [3.63, 3.8) is 0 Å². The topological polar surface area (TPSA) is 58.6 Å². The van der Waals surface area contributed by atoms with Gasteiger partial charge in [-0.05, 0) is 42.8 Å². The summed E-state index contributed by atoms with van der Waals surface area (Å²) in [7, 11) is 1.63. The second-order valence-electron chi connectivity index (χ2n) is 8.89. The minimum absolute atomic E-state index is 0.0829. The third kappa shape index (κ3) is 5.86. The first-order valence-corrected chi connectivity index (χ1v) is 12.7.